The van der Waals surface area contributed by atoms with Crippen molar-refractivity contribution in [2.24, 2.45) is 0 Å². The molecule has 0 N–H and O–H groups in total. The van der Waals surface area contributed by atoms with Crippen LogP contribution in [0.3, 0.4) is 0 Å². The molecule has 0 saturated heterocycles. The van der Waals surface area contributed by atoms with Gasteiger partial charge in [0.25, 0.3) is 0 Å². The number of benzene rings is 10. The molecule has 1 unspecified atom stereocenters. The molecule has 318 valence electrons. The summed E-state index contributed by atoms with van der Waals surface area (Å²) in [5.41, 5.74) is 17.3. The molecule has 0 saturated carbocycles. The largest absolute Gasteiger partial charge is 0.310 e. The van der Waals surface area contributed by atoms with Crippen LogP contribution in [0.5, 0.6) is 0 Å². The molecular formula is C65H48N2. The quantitative estimate of drug-likeness (QED) is 0.135. The van der Waals surface area contributed by atoms with Gasteiger partial charge in [-0.3, -0.25) is 0 Å². The Kier molecular flexibility index (Phi) is 10.3. The van der Waals surface area contributed by atoms with E-state index in [0.717, 1.165) is 29.2 Å². The Bertz CT molecular complexity index is 3360. The van der Waals surface area contributed by atoms with Crippen LogP contribution in [0.1, 0.15) is 40.2 Å². The van der Waals surface area contributed by atoms with Crippen molar-refractivity contribution in [1.29, 1.82) is 0 Å². The Balaban J connectivity index is 1.14. The minimum Gasteiger partial charge on any atom is -0.310 e. The van der Waals surface area contributed by atoms with Crippen molar-refractivity contribution in [2.45, 2.75) is 17.8 Å². The first kappa shape index (κ1) is 40.1. The highest BCUT2D eigenvalue weighted by Gasteiger charge is 2.48. The Labute approximate surface area is 393 Å². The van der Waals surface area contributed by atoms with E-state index < -0.39 is 5.41 Å². The monoisotopic (exact) mass is 856 g/mol. The zero-order valence-corrected chi connectivity index (χ0v) is 37.2. The fourth-order valence-corrected chi connectivity index (χ4v) is 10.8. The molecule has 1 atom stereocenters. The van der Waals surface area contributed by atoms with E-state index in [2.05, 4.69) is 283 Å². The zero-order valence-electron chi connectivity index (χ0n) is 37.2. The molecule has 0 amide bonds. The summed E-state index contributed by atoms with van der Waals surface area (Å²) in [7, 11) is 0. The minimum absolute atomic E-state index is 0.311. The minimum atomic E-state index is -0.668. The molecule has 0 bridgehead atoms. The Morgan fingerprint density at radius 3 is 1.52 bits per heavy atom. The number of allylic oxidation sites excluding steroid dienone is 3. The zero-order chi connectivity index (χ0) is 44.6. The highest BCUT2D eigenvalue weighted by atomic mass is 15.2. The third-order valence-electron chi connectivity index (χ3n) is 13.8. The number of para-hydroxylation sites is 2. The number of anilines is 5. The third-order valence-corrected chi connectivity index (χ3v) is 13.8. The molecule has 12 rings (SSSR count). The lowest BCUT2D eigenvalue weighted by Gasteiger charge is -2.36. The molecule has 2 heteroatoms. The van der Waals surface area contributed by atoms with Crippen molar-refractivity contribution < 1.29 is 0 Å². The number of hydrogen-bond acceptors (Lipinski definition) is 2. The predicted molar refractivity (Wildman–Crippen MR) is 281 cm³/mol. The van der Waals surface area contributed by atoms with E-state index in [-0.39, 0.29) is 0 Å². The van der Waals surface area contributed by atoms with Crippen LogP contribution in [0.25, 0.3) is 33.0 Å². The molecule has 2 nitrogen and oxygen atoms in total. The van der Waals surface area contributed by atoms with Crippen LogP contribution in [0.2, 0.25) is 0 Å². The van der Waals surface area contributed by atoms with E-state index >= 15 is 0 Å². The highest BCUT2D eigenvalue weighted by Crippen LogP contribution is 2.62. The van der Waals surface area contributed by atoms with E-state index in [9.17, 15) is 0 Å². The summed E-state index contributed by atoms with van der Waals surface area (Å²) in [6, 6.07) is 93.4. The fraction of sp³-hybridized carbons (Fsp3) is 0.0462. The van der Waals surface area contributed by atoms with Crippen LogP contribution in [-0.2, 0) is 5.41 Å². The third kappa shape index (κ3) is 6.97. The lowest BCUT2D eigenvalue weighted by Crippen LogP contribution is -2.29. The lowest BCUT2D eigenvalue weighted by atomic mass is 9.67. The van der Waals surface area contributed by atoms with Gasteiger partial charge in [0, 0.05) is 45.3 Å². The molecule has 2 aliphatic rings. The summed E-state index contributed by atoms with van der Waals surface area (Å²) in [5, 5.41) is 2.41. The summed E-state index contributed by atoms with van der Waals surface area (Å²) in [5.74, 6) is 0.311. The van der Waals surface area contributed by atoms with E-state index in [1.165, 1.54) is 72.2 Å². The maximum absolute atomic E-state index is 2.53. The van der Waals surface area contributed by atoms with Crippen molar-refractivity contribution in [2.75, 3.05) is 9.80 Å². The summed E-state index contributed by atoms with van der Waals surface area (Å²) >= 11 is 0. The van der Waals surface area contributed by atoms with Crippen LogP contribution in [0.15, 0.2) is 279 Å². The second-order valence-corrected chi connectivity index (χ2v) is 17.6. The number of rotatable bonds is 10. The van der Waals surface area contributed by atoms with Crippen molar-refractivity contribution in [3.8, 4) is 22.3 Å². The van der Waals surface area contributed by atoms with E-state index in [1.807, 2.05) is 0 Å². The van der Waals surface area contributed by atoms with Crippen molar-refractivity contribution in [3.63, 3.8) is 0 Å². The number of fused-ring (bicyclic) bond motifs is 4. The Morgan fingerprint density at radius 2 is 0.910 bits per heavy atom. The SMILES string of the molecule is C1=CC(c2ccccc2)CC=C1N(c1ccccc1)c1c2c(cc3ccccc13)C(c1ccccc1)(c1ccccc1)c1cc(N(c3ccccc3)c3ccc(-c4ccccc4)cc3)ccc1-2. The van der Waals surface area contributed by atoms with Crippen LogP contribution in [-0.4, -0.2) is 0 Å². The van der Waals surface area contributed by atoms with Crippen LogP contribution in [0, 0.1) is 0 Å². The van der Waals surface area contributed by atoms with E-state index in [1.54, 1.807) is 0 Å². The molecule has 0 radical (unpaired) electrons. The molecule has 10 aromatic carbocycles. The first-order chi connectivity index (χ1) is 33.3. The van der Waals surface area contributed by atoms with Gasteiger partial charge in [0.2, 0.25) is 0 Å². The van der Waals surface area contributed by atoms with Gasteiger partial charge < -0.3 is 9.80 Å². The molecule has 67 heavy (non-hydrogen) atoms. The maximum Gasteiger partial charge on any atom is 0.0715 e. The summed E-state index contributed by atoms with van der Waals surface area (Å²) < 4.78 is 0. The van der Waals surface area contributed by atoms with Gasteiger partial charge in [0.1, 0.15) is 0 Å². The number of hydrogen-bond donors (Lipinski definition) is 0. The fourth-order valence-electron chi connectivity index (χ4n) is 10.8. The van der Waals surface area contributed by atoms with Crippen molar-refractivity contribution >= 4 is 39.2 Å². The Morgan fingerprint density at radius 1 is 0.403 bits per heavy atom. The summed E-state index contributed by atoms with van der Waals surface area (Å²) in [6.07, 6.45) is 8.10. The van der Waals surface area contributed by atoms with Gasteiger partial charge in [-0.1, -0.05) is 212 Å². The van der Waals surface area contributed by atoms with Gasteiger partial charge in [-0.15, -0.1) is 0 Å². The average Bonchev–Trinajstić information content (AvgIpc) is 3.70. The van der Waals surface area contributed by atoms with E-state index in [0.29, 0.717) is 5.92 Å². The Hall–Kier alpha value is -8.46. The van der Waals surface area contributed by atoms with Gasteiger partial charge >= 0.3 is 0 Å². The van der Waals surface area contributed by atoms with Crippen LogP contribution in [0.4, 0.5) is 28.4 Å². The predicted octanol–water partition coefficient (Wildman–Crippen LogP) is 17.1. The molecule has 0 fully saturated rings. The molecule has 0 spiro atoms. The van der Waals surface area contributed by atoms with Crippen molar-refractivity contribution in [1.82, 2.24) is 0 Å². The molecular weight excluding hydrogens is 809 g/mol. The second kappa shape index (κ2) is 17.2. The van der Waals surface area contributed by atoms with Crippen LogP contribution < -0.4 is 9.80 Å². The molecule has 0 heterocycles. The molecule has 0 aliphatic heterocycles. The van der Waals surface area contributed by atoms with Gasteiger partial charge in [0.05, 0.1) is 11.1 Å². The smallest absolute Gasteiger partial charge is 0.0715 e. The number of nitrogens with zero attached hydrogens (tertiary/aromatic N) is 2. The maximum atomic E-state index is 2.53. The second-order valence-electron chi connectivity index (χ2n) is 17.6. The van der Waals surface area contributed by atoms with Crippen molar-refractivity contribution in [3.05, 3.63) is 307 Å². The molecule has 2 aliphatic carbocycles. The van der Waals surface area contributed by atoms with Gasteiger partial charge in [-0.05, 0) is 117 Å². The first-order valence-corrected chi connectivity index (χ1v) is 23.4. The topological polar surface area (TPSA) is 6.48 Å². The lowest BCUT2D eigenvalue weighted by molar-refractivity contribution is 0.769. The van der Waals surface area contributed by atoms with Gasteiger partial charge in [-0.25, -0.2) is 0 Å². The normalized spacial score (nSPS) is 14.5. The first-order valence-electron chi connectivity index (χ1n) is 23.4. The van der Waals surface area contributed by atoms with Gasteiger partial charge in [-0.2, -0.15) is 0 Å². The molecule has 0 aromatic heterocycles. The molecule has 10 aromatic rings. The van der Waals surface area contributed by atoms with Gasteiger partial charge in [0.15, 0.2) is 0 Å². The standard InChI is InChI=1S/C65H48N2/c1-7-21-47(22-8-1)49-35-39-56(40-36-49)66(54-30-15-5-16-31-54)58-43-44-60-61(46-58)65(52-26-11-3-12-27-52,53-28-13-4-14-29-53)62-45-51-25-19-20-34-59(51)64(63(60)62)67(55-32-17-6-18-33-55)57-41-37-50(38-42-57)48-23-9-2-10-24-48/h1-37,39-46,50H,38H2. The average molecular weight is 857 g/mol. The summed E-state index contributed by atoms with van der Waals surface area (Å²) in [6.45, 7) is 0. The van der Waals surface area contributed by atoms with E-state index in [4.69, 9.17) is 0 Å². The van der Waals surface area contributed by atoms with Crippen LogP contribution >= 0.6 is 0 Å². The highest BCUT2D eigenvalue weighted by molar-refractivity contribution is 6.10. The summed E-state index contributed by atoms with van der Waals surface area (Å²) in [4.78, 5) is 4.94.